The van der Waals surface area contributed by atoms with Crippen LogP contribution in [0.4, 0.5) is 0 Å². The highest BCUT2D eigenvalue weighted by molar-refractivity contribution is 5.78. The van der Waals surface area contributed by atoms with Gasteiger partial charge in [0.25, 0.3) is 0 Å². The predicted molar refractivity (Wildman–Crippen MR) is 156 cm³/mol. The van der Waals surface area contributed by atoms with Gasteiger partial charge in [0.15, 0.2) is 0 Å². The number of carbonyl (C=O) groups excluding carboxylic acids is 1. The van der Waals surface area contributed by atoms with Crippen molar-refractivity contribution < 1.29 is 9.53 Å². The minimum absolute atomic E-state index is 0.0381. The SMILES string of the molecule is CCC(C)(C)OC(=O)C(CC)(CC)C(CC)(CC)C(CC)(CC)C(CC)(CC)C(CC)(CC)CC. The zero-order chi connectivity index (χ0) is 27.8. The molecule has 0 aliphatic heterocycles. The summed E-state index contributed by atoms with van der Waals surface area (Å²) in [6, 6.07) is 0. The van der Waals surface area contributed by atoms with E-state index in [1.165, 1.54) is 32.1 Å². The summed E-state index contributed by atoms with van der Waals surface area (Å²) in [5, 5.41) is 0. The molecule has 0 saturated heterocycles. The van der Waals surface area contributed by atoms with E-state index in [9.17, 15) is 4.79 Å². The van der Waals surface area contributed by atoms with Crippen molar-refractivity contribution in [1.82, 2.24) is 0 Å². The fraction of sp³-hybridized carbons (Fsp3) is 0.970. The Kier molecular flexibility index (Phi) is 13.1. The van der Waals surface area contributed by atoms with Gasteiger partial charge in [-0.1, -0.05) is 83.1 Å². The molecule has 2 heteroatoms. The molecule has 0 heterocycles. The lowest BCUT2D eigenvalue weighted by atomic mass is 9.33. The molecule has 0 rings (SSSR count). The molecule has 210 valence electrons. The Bertz CT molecular complexity index is 601. The molecule has 0 amide bonds. The molecule has 0 N–H and O–H groups in total. The van der Waals surface area contributed by atoms with Crippen LogP contribution in [0, 0.1) is 27.1 Å². The number of esters is 1. The summed E-state index contributed by atoms with van der Waals surface area (Å²) in [6.07, 6.45) is 12.7. The van der Waals surface area contributed by atoms with Gasteiger partial charge in [-0.25, -0.2) is 0 Å². The molecular formula is C33H66O2. The van der Waals surface area contributed by atoms with E-state index < -0.39 is 11.0 Å². The molecule has 0 spiro atoms. The minimum Gasteiger partial charge on any atom is -0.459 e. The van der Waals surface area contributed by atoms with Gasteiger partial charge in [-0.15, -0.1) is 0 Å². The van der Waals surface area contributed by atoms with E-state index in [-0.39, 0.29) is 27.6 Å². The molecule has 0 aliphatic rings. The molecule has 0 aromatic rings. The van der Waals surface area contributed by atoms with E-state index >= 15 is 0 Å². The molecule has 35 heavy (non-hydrogen) atoms. The third-order valence-corrected chi connectivity index (χ3v) is 12.2. The lowest BCUT2D eigenvalue weighted by Gasteiger charge is -2.70. The molecule has 2 nitrogen and oxygen atoms in total. The van der Waals surface area contributed by atoms with Gasteiger partial charge in [0, 0.05) is 0 Å². The summed E-state index contributed by atoms with van der Waals surface area (Å²) >= 11 is 0. The lowest BCUT2D eigenvalue weighted by Crippen LogP contribution is -2.66. The molecule has 0 atom stereocenters. The second-order valence-corrected chi connectivity index (χ2v) is 12.0. The van der Waals surface area contributed by atoms with Gasteiger partial charge in [0.2, 0.25) is 0 Å². The van der Waals surface area contributed by atoms with Gasteiger partial charge in [0.1, 0.15) is 5.60 Å². The van der Waals surface area contributed by atoms with Crippen molar-refractivity contribution in [2.45, 2.75) is 180 Å². The second-order valence-electron chi connectivity index (χ2n) is 12.0. The Balaban J connectivity index is 7.88. The average Bonchev–Trinajstić information content (AvgIpc) is 2.88. The van der Waals surface area contributed by atoms with Crippen LogP contribution >= 0.6 is 0 Å². The molecule has 0 aromatic carbocycles. The van der Waals surface area contributed by atoms with Crippen molar-refractivity contribution in [3.63, 3.8) is 0 Å². The number of hydrogen-bond donors (Lipinski definition) is 0. The van der Waals surface area contributed by atoms with Gasteiger partial charge in [0.05, 0.1) is 5.41 Å². The van der Waals surface area contributed by atoms with E-state index in [0.29, 0.717) is 0 Å². The maximum atomic E-state index is 14.5. The molecular weight excluding hydrogens is 428 g/mol. The number of hydrogen-bond acceptors (Lipinski definition) is 2. The van der Waals surface area contributed by atoms with Crippen LogP contribution in [-0.2, 0) is 9.53 Å². The van der Waals surface area contributed by atoms with Crippen molar-refractivity contribution in [1.29, 1.82) is 0 Å². The molecule has 0 bridgehead atoms. The summed E-state index contributed by atoms with van der Waals surface area (Å²) < 4.78 is 6.43. The normalized spacial score (nSPS) is 14.3. The summed E-state index contributed by atoms with van der Waals surface area (Å²) in [5.41, 5.74) is -0.609. The standard InChI is InChI=1S/C33H66O2/c1-15-28(13,14)35-27(34)30(19-5,20-6)32(23-9,24-10)33(25-11,26-12)31(21-7,22-8)29(16-2,17-3)18-4/h15-26H2,1-14H3. The molecule has 0 aromatic heterocycles. The zero-order valence-electron chi connectivity index (χ0n) is 26.8. The van der Waals surface area contributed by atoms with Gasteiger partial charge < -0.3 is 4.74 Å². The van der Waals surface area contributed by atoms with Crippen LogP contribution in [0.3, 0.4) is 0 Å². The quantitative estimate of drug-likeness (QED) is 0.177. The lowest BCUT2D eigenvalue weighted by molar-refractivity contribution is -0.238. The summed E-state index contributed by atoms with van der Waals surface area (Å²) in [4.78, 5) is 14.5. The van der Waals surface area contributed by atoms with Crippen molar-refractivity contribution in [3.8, 4) is 0 Å². The third kappa shape index (κ3) is 4.87. The number of carbonyl (C=O) groups is 1. The zero-order valence-corrected chi connectivity index (χ0v) is 26.8. The second kappa shape index (κ2) is 13.3. The average molecular weight is 495 g/mol. The molecule has 0 aliphatic carbocycles. The maximum absolute atomic E-state index is 14.5. The van der Waals surface area contributed by atoms with Gasteiger partial charge in [-0.3, -0.25) is 4.79 Å². The first-order chi connectivity index (χ1) is 16.4. The van der Waals surface area contributed by atoms with Gasteiger partial charge in [-0.05, 0) is 113 Å². The number of ether oxygens (including phenoxy) is 1. The van der Waals surface area contributed by atoms with E-state index in [0.717, 1.165) is 44.9 Å². The molecule has 0 radical (unpaired) electrons. The molecule has 0 saturated carbocycles. The first-order valence-electron chi connectivity index (χ1n) is 15.6. The molecule has 0 fully saturated rings. The van der Waals surface area contributed by atoms with Crippen molar-refractivity contribution >= 4 is 5.97 Å². The van der Waals surface area contributed by atoms with Crippen molar-refractivity contribution in [2.75, 3.05) is 0 Å². The van der Waals surface area contributed by atoms with Crippen molar-refractivity contribution in [3.05, 3.63) is 0 Å². The topological polar surface area (TPSA) is 26.3 Å². The first kappa shape index (κ1) is 34.5. The maximum Gasteiger partial charge on any atom is 0.313 e. The largest absolute Gasteiger partial charge is 0.459 e. The third-order valence-electron chi connectivity index (χ3n) is 12.2. The van der Waals surface area contributed by atoms with Crippen LogP contribution < -0.4 is 0 Å². The molecule has 0 unspecified atom stereocenters. The van der Waals surface area contributed by atoms with E-state index in [4.69, 9.17) is 4.74 Å². The van der Waals surface area contributed by atoms with E-state index in [1.54, 1.807) is 0 Å². The van der Waals surface area contributed by atoms with Crippen LogP contribution in [0.25, 0.3) is 0 Å². The van der Waals surface area contributed by atoms with Gasteiger partial charge >= 0.3 is 5.97 Å². The van der Waals surface area contributed by atoms with Crippen LogP contribution in [0.1, 0.15) is 174 Å². The van der Waals surface area contributed by atoms with Crippen LogP contribution in [0.2, 0.25) is 0 Å². The Morgan fingerprint density at radius 2 is 0.800 bits per heavy atom. The predicted octanol–water partition coefficient (Wildman–Crippen LogP) is 11.2. The van der Waals surface area contributed by atoms with Crippen LogP contribution in [0.5, 0.6) is 0 Å². The van der Waals surface area contributed by atoms with Crippen molar-refractivity contribution in [2.24, 2.45) is 27.1 Å². The Hall–Kier alpha value is -0.530. The highest BCUT2D eigenvalue weighted by Gasteiger charge is 2.70. The van der Waals surface area contributed by atoms with Crippen LogP contribution in [0.15, 0.2) is 0 Å². The summed E-state index contributed by atoms with van der Waals surface area (Å²) in [6.45, 7) is 32.6. The summed E-state index contributed by atoms with van der Waals surface area (Å²) in [5.74, 6) is 0.0560. The number of rotatable bonds is 18. The smallest absolute Gasteiger partial charge is 0.313 e. The fourth-order valence-electron chi connectivity index (χ4n) is 9.90. The Labute approximate surface area is 222 Å². The van der Waals surface area contributed by atoms with Crippen LogP contribution in [-0.4, -0.2) is 11.6 Å². The Morgan fingerprint density at radius 1 is 0.457 bits per heavy atom. The fourth-order valence-corrected chi connectivity index (χ4v) is 9.90. The summed E-state index contributed by atoms with van der Waals surface area (Å²) in [7, 11) is 0. The van der Waals surface area contributed by atoms with Gasteiger partial charge in [-0.2, -0.15) is 0 Å². The highest BCUT2D eigenvalue weighted by atomic mass is 16.6. The Morgan fingerprint density at radius 3 is 1.03 bits per heavy atom. The first-order valence-corrected chi connectivity index (χ1v) is 15.6. The van der Waals surface area contributed by atoms with E-state index in [2.05, 4.69) is 96.9 Å². The minimum atomic E-state index is -0.495. The monoisotopic (exact) mass is 495 g/mol. The highest BCUT2D eigenvalue weighted by Crippen LogP contribution is 2.75. The van der Waals surface area contributed by atoms with E-state index in [1.807, 2.05) is 0 Å².